The molecular formula is C20H18ClN5O3. The third-order valence-corrected chi connectivity index (χ3v) is 5.08. The number of halogens is 1. The molecule has 0 saturated carbocycles. The second-order valence-electron chi connectivity index (χ2n) is 6.65. The van der Waals surface area contributed by atoms with Crippen LogP contribution in [-0.2, 0) is 0 Å². The molecule has 148 valence electrons. The largest absolute Gasteiger partial charge is 0.465 e. The quantitative estimate of drug-likeness (QED) is 0.558. The molecule has 3 aromatic rings. The number of pyridine rings is 2. The molecule has 1 unspecified atom stereocenters. The van der Waals surface area contributed by atoms with E-state index in [9.17, 15) is 9.59 Å². The molecule has 0 saturated heterocycles. The van der Waals surface area contributed by atoms with Gasteiger partial charge in [0.2, 0.25) is 0 Å². The summed E-state index contributed by atoms with van der Waals surface area (Å²) in [5.41, 5.74) is 3.98. The Morgan fingerprint density at radius 3 is 2.72 bits per heavy atom. The molecule has 4 rings (SSSR count). The van der Waals surface area contributed by atoms with Crippen LogP contribution in [0.3, 0.4) is 0 Å². The molecule has 1 aliphatic heterocycles. The molecule has 0 aromatic carbocycles. The van der Waals surface area contributed by atoms with E-state index in [1.807, 2.05) is 28.8 Å². The number of fused-ring (bicyclic) bond motifs is 1. The Morgan fingerprint density at radius 1 is 1.24 bits per heavy atom. The molecule has 0 spiro atoms. The Labute approximate surface area is 171 Å². The van der Waals surface area contributed by atoms with E-state index in [0.717, 1.165) is 22.4 Å². The summed E-state index contributed by atoms with van der Waals surface area (Å²) in [5.74, 6) is -0.172. The second kappa shape index (κ2) is 7.92. The van der Waals surface area contributed by atoms with Gasteiger partial charge in [-0.2, -0.15) is 0 Å². The van der Waals surface area contributed by atoms with Crippen molar-refractivity contribution in [3.8, 4) is 22.4 Å². The van der Waals surface area contributed by atoms with Crippen molar-refractivity contribution in [2.75, 3.05) is 13.1 Å². The Morgan fingerprint density at radius 2 is 2.00 bits per heavy atom. The van der Waals surface area contributed by atoms with Crippen LogP contribution in [0.5, 0.6) is 0 Å². The molecule has 0 bridgehead atoms. The van der Waals surface area contributed by atoms with Crippen molar-refractivity contribution < 1.29 is 14.7 Å². The van der Waals surface area contributed by atoms with Crippen LogP contribution in [0.1, 0.15) is 23.0 Å². The number of carboxylic acid groups (broad SMARTS) is 1. The summed E-state index contributed by atoms with van der Waals surface area (Å²) < 4.78 is 1.99. The average molecular weight is 412 g/mol. The number of aromatic nitrogens is 3. The van der Waals surface area contributed by atoms with Crippen LogP contribution < -0.4 is 10.6 Å². The molecule has 2 amide bonds. The zero-order chi connectivity index (χ0) is 20.4. The van der Waals surface area contributed by atoms with Crippen LogP contribution in [0, 0.1) is 0 Å². The molecule has 29 heavy (non-hydrogen) atoms. The zero-order valence-electron chi connectivity index (χ0n) is 15.3. The predicted octanol–water partition coefficient (Wildman–Crippen LogP) is 3.21. The van der Waals surface area contributed by atoms with Gasteiger partial charge in [0.25, 0.3) is 5.91 Å². The highest BCUT2D eigenvalue weighted by atomic mass is 35.5. The number of rotatable bonds is 5. The first-order valence-electron chi connectivity index (χ1n) is 9.07. The van der Waals surface area contributed by atoms with Gasteiger partial charge in [0.1, 0.15) is 10.8 Å². The first-order valence-corrected chi connectivity index (χ1v) is 9.45. The fraction of sp³-hybridized carbons (Fsp3) is 0.200. The van der Waals surface area contributed by atoms with Gasteiger partial charge in [-0.3, -0.25) is 9.78 Å². The van der Waals surface area contributed by atoms with Gasteiger partial charge in [0.15, 0.2) is 0 Å². The highest BCUT2D eigenvalue weighted by Gasteiger charge is 2.30. The molecule has 3 aromatic heterocycles. The van der Waals surface area contributed by atoms with E-state index >= 15 is 0 Å². The van der Waals surface area contributed by atoms with E-state index in [0.29, 0.717) is 23.8 Å². The standard InChI is InChI=1S/C20H18ClN5O3/c21-17-9-13(3-7-23-17)15-10-16-19(27)25-11-14(4-8-24-20(28)29)26(16)18(15)12-1-5-22-6-2-12/h1-3,5-7,9-10,14,24H,4,8,11H2,(H,25,27)(H,28,29). The summed E-state index contributed by atoms with van der Waals surface area (Å²) in [6, 6.07) is 9.10. The Hall–Kier alpha value is -3.39. The van der Waals surface area contributed by atoms with Gasteiger partial charge < -0.3 is 20.3 Å². The number of carbonyl (C=O) groups is 2. The van der Waals surface area contributed by atoms with Crippen molar-refractivity contribution in [2.24, 2.45) is 0 Å². The lowest BCUT2D eigenvalue weighted by Gasteiger charge is -2.29. The van der Waals surface area contributed by atoms with Crippen LogP contribution in [0.25, 0.3) is 22.4 Å². The van der Waals surface area contributed by atoms with Gasteiger partial charge in [0, 0.05) is 42.8 Å². The minimum absolute atomic E-state index is 0.108. The minimum atomic E-state index is -1.07. The molecule has 8 nitrogen and oxygen atoms in total. The number of amides is 2. The normalized spacial score (nSPS) is 15.5. The summed E-state index contributed by atoms with van der Waals surface area (Å²) in [6.07, 6.45) is 4.48. The maximum absolute atomic E-state index is 12.6. The molecule has 0 aliphatic carbocycles. The molecule has 9 heteroatoms. The predicted molar refractivity (Wildman–Crippen MR) is 108 cm³/mol. The SMILES string of the molecule is O=C(O)NCCC1CNC(=O)c2cc(-c3ccnc(Cl)c3)c(-c3ccncc3)n21. The van der Waals surface area contributed by atoms with E-state index in [2.05, 4.69) is 20.6 Å². The lowest BCUT2D eigenvalue weighted by Crippen LogP contribution is -2.40. The van der Waals surface area contributed by atoms with Gasteiger partial charge in [-0.1, -0.05) is 11.6 Å². The Balaban J connectivity index is 1.88. The van der Waals surface area contributed by atoms with Crippen LogP contribution >= 0.6 is 11.6 Å². The number of hydrogen-bond donors (Lipinski definition) is 3. The molecule has 3 N–H and O–H groups in total. The average Bonchev–Trinajstić information content (AvgIpc) is 3.12. The summed E-state index contributed by atoms with van der Waals surface area (Å²) in [5, 5.41) is 14.5. The fourth-order valence-electron chi connectivity index (χ4n) is 3.64. The smallest absolute Gasteiger partial charge is 0.404 e. The van der Waals surface area contributed by atoms with E-state index in [-0.39, 0.29) is 18.5 Å². The molecule has 1 atom stereocenters. The van der Waals surface area contributed by atoms with Crippen molar-refractivity contribution in [1.82, 2.24) is 25.2 Å². The monoisotopic (exact) mass is 411 g/mol. The number of nitrogens with one attached hydrogen (secondary N) is 2. The first kappa shape index (κ1) is 18.9. The summed E-state index contributed by atoms with van der Waals surface area (Å²) in [4.78, 5) is 31.6. The molecule has 0 radical (unpaired) electrons. The maximum atomic E-state index is 12.6. The molecule has 0 fully saturated rings. The van der Waals surface area contributed by atoms with E-state index in [1.54, 1.807) is 24.7 Å². The van der Waals surface area contributed by atoms with Gasteiger partial charge in [0.05, 0.1) is 11.7 Å². The number of nitrogens with zero attached hydrogens (tertiary/aromatic N) is 3. The third-order valence-electron chi connectivity index (χ3n) is 4.88. The van der Waals surface area contributed by atoms with Crippen molar-refractivity contribution in [3.63, 3.8) is 0 Å². The topological polar surface area (TPSA) is 109 Å². The van der Waals surface area contributed by atoms with E-state index < -0.39 is 6.09 Å². The number of carbonyl (C=O) groups excluding carboxylic acids is 1. The molecule has 1 aliphatic rings. The van der Waals surface area contributed by atoms with Gasteiger partial charge in [-0.15, -0.1) is 0 Å². The van der Waals surface area contributed by atoms with Crippen molar-refractivity contribution in [1.29, 1.82) is 0 Å². The molecule has 4 heterocycles. The van der Waals surface area contributed by atoms with Crippen molar-refractivity contribution in [2.45, 2.75) is 12.5 Å². The third kappa shape index (κ3) is 3.79. The van der Waals surface area contributed by atoms with Crippen molar-refractivity contribution in [3.05, 3.63) is 59.8 Å². The summed E-state index contributed by atoms with van der Waals surface area (Å²) >= 11 is 6.10. The summed E-state index contributed by atoms with van der Waals surface area (Å²) in [7, 11) is 0. The first-order chi connectivity index (χ1) is 14.0. The van der Waals surface area contributed by atoms with Crippen LogP contribution in [0.4, 0.5) is 4.79 Å². The van der Waals surface area contributed by atoms with Crippen LogP contribution in [-0.4, -0.2) is 44.7 Å². The zero-order valence-corrected chi connectivity index (χ0v) is 16.1. The Bertz CT molecular complexity index is 1070. The lowest BCUT2D eigenvalue weighted by atomic mass is 10.0. The van der Waals surface area contributed by atoms with E-state index in [1.165, 1.54) is 0 Å². The second-order valence-corrected chi connectivity index (χ2v) is 7.04. The molecular weight excluding hydrogens is 394 g/mol. The van der Waals surface area contributed by atoms with Crippen LogP contribution in [0.2, 0.25) is 5.15 Å². The highest BCUT2D eigenvalue weighted by molar-refractivity contribution is 6.29. The highest BCUT2D eigenvalue weighted by Crippen LogP contribution is 2.39. The Kier molecular flexibility index (Phi) is 5.18. The van der Waals surface area contributed by atoms with Gasteiger partial charge >= 0.3 is 6.09 Å². The lowest BCUT2D eigenvalue weighted by molar-refractivity contribution is 0.0913. The minimum Gasteiger partial charge on any atom is -0.465 e. The number of hydrogen-bond acceptors (Lipinski definition) is 4. The van der Waals surface area contributed by atoms with Gasteiger partial charge in [-0.25, -0.2) is 9.78 Å². The van der Waals surface area contributed by atoms with Crippen molar-refractivity contribution >= 4 is 23.6 Å². The van der Waals surface area contributed by atoms with Crippen LogP contribution in [0.15, 0.2) is 48.9 Å². The van der Waals surface area contributed by atoms with Gasteiger partial charge in [-0.05, 0) is 42.3 Å². The van der Waals surface area contributed by atoms with E-state index in [4.69, 9.17) is 16.7 Å². The maximum Gasteiger partial charge on any atom is 0.404 e. The summed E-state index contributed by atoms with van der Waals surface area (Å²) in [6.45, 7) is 0.691. The fourth-order valence-corrected chi connectivity index (χ4v) is 3.82.